The summed E-state index contributed by atoms with van der Waals surface area (Å²) in [7, 11) is 1.34. The standard InChI is InChI=1S/C12H11O3.C5H5.Fe/c1-15-12(14)11-7-9(13)6-10(11)8-4-2-3-5-8;1-2-4-5-3-1;/h2-6,11H,7H2,1H3;1-5H;/q;;+2. The van der Waals surface area contributed by atoms with Crippen molar-refractivity contribution in [3.8, 4) is 0 Å². The van der Waals surface area contributed by atoms with Gasteiger partial charge in [-0.2, -0.15) is 0 Å². The summed E-state index contributed by atoms with van der Waals surface area (Å²) in [5.74, 6) is 0.149. The summed E-state index contributed by atoms with van der Waals surface area (Å²) in [6, 6.07) is 0. The number of allylic oxidation sites excluding steroid dienone is 1. The third kappa shape index (κ3) is 5.26. The van der Waals surface area contributed by atoms with E-state index in [0.29, 0.717) is 0 Å². The molecule has 3 nitrogen and oxygen atoms in total. The quantitative estimate of drug-likeness (QED) is 0.577. The Morgan fingerprint density at radius 3 is 2.05 bits per heavy atom. The molecule has 0 aromatic rings. The molecule has 0 spiro atoms. The molecule has 21 heavy (non-hydrogen) atoms. The van der Waals surface area contributed by atoms with Gasteiger partial charge in [-0.15, -0.1) is 0 Å². The number of carbonyl (C=O) groups excluding carboxylic acids is 2. The normalized spacial score (nSPS) is 24.9. The molecule has 0 saturated heterocycles. The van der Waals surface area contributed by atoms with Gasteiger partial charge in [-0.25, -0.2) is 0 Å². The van der Waals surface area contributed by atoms with Crippen molar-refractivity contribution in [3.05, 3.63) is 75.4 Å². The molecule has 0 N–H and O–H groups in total. The smallest absolute Gasteiger partial charge is 0.469 e. The van der Waals surface area contributed by atoms with E-state index in [2.05, 4.69) is 4.74 Å². The number of ether oxygens (including phenoxy) is 1. The van der Waals surface area contributed by atoms with Gasteiger partial charge in [0.2, 0.25) is 0 Å². The Morgan fingerprint density at radius 2 is 1.57 bits per heavy atom. The number of hydrogen-bond acceptors (Lipinski definition) is 3. The second-order valence-corrected chi connectivity index (χ2v) is 4.48. The monoisotopic (exact) mass is 324 g/mol. The van der Waals surface area contributed by atoms with E-state index in [4.69, 9.17) is 0 Å². The van der Waals surface area contributed by atoms with E-state index in [1.807, 2.05) is 57.8 Å². The van der Waals surface area contributed by atoms with Gasteiger partial charge in [-0.05, 0) is 69.4 Å². The first-order valence-corrected chi connectivity index (χ1v) is 6.43. The van der Waals surface area contributed by atoms with Gasteiger partial charge in [-0.1, -0.05) is 0 Å². The van der Waals surface area contributed by atoms with Gasteiger partial charge >= 0.3 is 23.0 Å². The number of esters is 1. The third-order valence-corrected chi connectivity index (χ3v) is 3.13. The first-order chi connectivity index (χ1) is 9.72. The minimum atomic E-state index is -0.426. The molecule has 0 heterocycles. The first-order valence-electron chi connectivity index (χ1n) is 6.43. The maximum atomic E-state index is 11.4. The van der Waals surface area contributed by atoms with E-state index < -0.39 is 5.92 Å². The molecule has 1 atom stereocenters. The predicted molar refractivity (Wildman–Crippen MR) is 75.2 cm³/mol. The molecule has 0 aliphatic heterocycles. The van der Waals surface area contributed by atoms with Crippen LogP contribution in [0.2, 0.25) is 0 Å². The van der Waals surface area contributed by atoms with Crippen molar-refractivity contribution in [2.45, 2.75) is 6.42 Å². The molecule has 2 fully saturated rings. The maximum absolute atomic E-state index is 11.4. The number of carbonyl (C=O) groups is 2. The molecular formula is C17H16FeO3+2. The molecule has 10 radical (unpaired) electrons. The minimum Gasteiger partial charge on any atom is -0.469 e. The number of ketones is 1. The molecular weight excluding hydrogens is 308 g/mol. The Hall–Kier alpha value is -0.601. The third-order valence-electron chi connectivity index (χ3n) is 3.13. The van der Waals surface area contributed by atoms with Crippen molar-refractivity contribution in [2.75, 3.05) is 7.11 Å². The molecule has 0 amide bonds. The zero-order chi connectivity index (χ0) is 14.4. The first kappa shape index (κ1) is 18.4. The summed E-state index contributed by atoms with van der Waals surface area (Å²) in [5, 5.41) is 0. The van der Waals surface area contributed by atoms with E-state index in [1.54, 1.807) is 0 Å². The van der Waals surface area contributed by atoms with E-state index in [9.17, 15) is 9.59 Å². The van der Waals surface area contributed by atoms with Crippen LogP contribution in [0, 0.1) is 69.6 Å². The number of rotatable bonds is 2. The van der Waals surface area contributed by atoms with Crippen molar-refractivity contribution in [3.63, 3.8) is 0 Å². The van der Waals surface area contributed by atoms with Crippen molar-refractivity contribution >= 4 is 11.8 Å². The topological polar surface area (TPSA) is 43.4 Å². The van der Waals surface area contributed by atoms with Gasteiger partial charge < -0.3 is 4.74 Å². The van der Waals surface area contributed by atoms with E-state index >= 15 is 0 Å². The van der Waals surface area contributed by atoms with Gasteiger partial charge in [0.25, 0.3) is 0 Å². The van der Waals surface area contributed by atoms with Crippen molar-refractivity contribution in [2.24, 2.45) is 5.92 Å². The molecule has 0 bridgehead atoms. The molecule has 4 heteroatoms. The Bertz CT molecular complexity index is 372. The average molecular weight is 324 g/mol. The molecule has 2 saturated carbocycles. The van der Waals surface area contributed by atoms with Crippen LogP contribution in [0.3, 0.4) is 0 Å². The SMILES string of the molecule is COC(=O)C1CC(=O)C=C1[C]1[CH][CH][CH][CH]1.[CH]1[CH][CH][CH][CH]1.[Fe+2]. The fraction of sp³-hybridized carbons (Fsp3) is 0.176. The van der Waals surface area contributed by atoms with Crippen LogP contribution < -0.4 is 0 Å². The van der Waals surface area contributed by atoms with Gasteiger partial charge in [0.05, 0.1) is 13.0 Å². The van der Waals surface area contributed by atoms with Gasteiger partial charge in [0.1, 0.15) is 0 Å². The predicted octanol–water partition coefficient (Wildman–Crippen LogP) is 2.10. The number of methoxy groups -OCH3 is 1. The average Bonchev–Trinajstić information content (AvgIpc) is 3.19. The zero-order valence-corrected chi connectivity index (χ0v) is 12.7. The van der Waals surface area contributed by atoms with Crippen molar-refractivity contribution < 1.29 is 31.4 Å². The summed E-state index contributed by atoms with van der Waals surface area (Å²) in [6.07, 6.45) is 19.3. The molecule has 3 rings (SSSR count). The van der Waals surface area contributed by atoms with Crippen LogP contribution >= 0.6 is 0 Å². The van der Waals surface area contributed by atoms with E-state index in [-0.39, 0.29) is 35.2 Å². The zero-order valence-electron chi connectivity index (χ0n) is 11.6. The Labute approximate surface area is 138 Å². The largest absolute Gasteiger partial charge is 2.00 e. The molecule has 0 aromatic heterocycles. The van der Waals surface area contributed by atoms with Crippen molar-refractivity contribution in [1.29, 1.82) is 0 Å². The summed E-state index contributed by atoms with van der Waals surface area (Å²) in [5.41, 5.74) is 0.775. The summed E-state index contributed by atoms with van der Waals surface area (Å²) < 4.78 is 4.68. The van der Waals surface area contributed by atoms with Gasteiger partial charge in [0.15, 0.2) is 5.78 Å². The van der Waals surface area contributed by atoms with E-state index in [0.717, 1.165) is 11.5 Å². The Kier molecular flexibility index (Phi) is 8.28. The molecule has 3 aliphatic carbocycles. The van der Waals surface area contributed by atoms with Crippen LogP contribution in [0.4, 0.5) is 0 Å². The van der Waals surface area contributed by atoms with Crippen LogP contribution in [-0.4, -0.2) is 18.9 Å². The Morgan fingerprint density at radius 1 is 1.05 bits per heavy atom. The molecule has 108 valence electrons. The van der Waals surface area contributed by atoms with Crippen LogP contribution in [0.1, 0.15) is 6.42 Å². The Balaban J connectivity index is 0.000000313. The summed E-state index contributed by atoms with van der Waals surface area (Å²) >= 11 is 0. The van der Waals surface area contributed by atoms with E-state index in [1.165, 1.54) is 13.2 Å². The van der Waals surface area contributed by atoms with Crippen molar-refractivity contribution in [1.82, 2.24) is 0 Å². The molecule has 3 aliphatic rings. The minimum absolute atomic E-state index is 0. The fourth-order valence-electron chi connectivity index (χ4n) is 2.17. The van der Waals surface area contributed by atoms with Crippen LogP contribution in [0.5, 0.6) is 0 Å². The summed E-state index contributed by atoms with van der Waals surface area (Å²) in [6.45, 7) is 0. The molecule has 0 aromatic carbocycles. The van der Waals surface area contributed by atoms with Crippen LogP contribution in [0.25, 0.3) is 0 Å². The second kappa shape index (κ2) is 9.42. The maximum Gasteiger partial charge on any atom is 2.00 e. The second-order valence-electron chi connectivity index (χ2n) is 4.48. The fourth-order valence-corrected chi connectivity index (χ4v) is 2.17. The molecule has 1 unspecified atom stereocenters. The number of hydrogen-bond donors (Lipinski definition) is 0. The van der Waals surface area contributed by atoms with Crippen LogP contribution in [-0.2, 0) is 31.4 Å². The summed E-state index contributed by atoms with van der Waals surface area (Å²) in [4.78, 5) is 22.7. The van der Waals surface area contributed by atoms with Crippen LogP contribution in [0.15, 0.2) is 11.6 Å². The van der Waals surface area contributed by atoms with Gasteiger partial charge in [-0.3, -0.25) is 9.59 Å². The van der Waals surface area contributed by atoms with Gasteiger partial charge in [0, 0.05) is 12.3 Å².